The zero-order chi connectivity index (χ0) is 33.5. The van der Waals surface area contributed by atoms with Gasteiger partial charge in [0.15, 0.2) is 13.9 Å². The van der Waals surface area contributed by atoms with E-state index in [1.807, 2.05) is 56.4 Å². The van der Waals surface area contributed by atoms with Gasteiger partial charge < -0.3 is 24.3 Å². The number of hydrogen-bond donors (Lipinski definition) is 3. The Morgan fingerprint density at radius 2 is 1.94 bits per heavy atom. The molecule has 1 spiro atoms. The van der Waals surface area contributed by atoms with Gasteiger partial charge >= 0.3 is 5.97 Å². The molecule has 0 saturated carbocycles. The van der Waals surface area contributed by atoms with Crippen molar-refractivity contribution in [3.63, 3.8) is 0 Å². The highest BCUT2D eigenvalue weighted by Crippen LogP contribution is 2.59. The number of aromatic nitrogens is 5. The van der Waals surface area contributed by atoms with Crippen molar-refractivity contribution in [2.75, 3.05) is 25.2 Å². The summed E-state index contributed by atoms with van der Waals surface area (Å²) in [5, 5.41) is 21.3. The summed E-state index contributed by atoms with van der Waals surface area (Å²) in [5.74, 6) is -0.899. The summed E-state index contributed by atoms with van der Waals surface area (Å²) < 4.78 is 14.9. The molecule has 2 aliphatic heterocycles. The molecule has 1 fully saturated rings. The van der Waals surface area contributed by atoms with Gasteiger partial charge in [-0.2, -0.15) is 0 Å². The van der Waals surface area contributed by atoms with Crippen LogP contribution in [-0.4, -0.2) is 81.2 Å². The lowest BCUT2D eigenvalue weighted by molar-refractivity contribution is -0.146. The summed E-state index contributed by atoms with van der Waals surface area (Å²) in [6, 6.07) is 12.8. The average Bonchev–Trinajstić information content (AvgIpc) is 3.78. The fourth-order valence-electron chi connectivity index (χ4n) is 7.51. The number of hydrogen-bond acceptors (Lipinski definition) is 9. The molecule has 4 aromatic rings. The highest BCUT2D eigenvalue weighted by molar-refractivity contribution is 6.71. The van der Waals surface area contributed by atoms with Crippen LogP contribution in [0.4, 0.5) is 5.69 Å². The van der Waals surface area contributed by atoms with Crippen LogP contribution in [0.2, 0.25) is 18.6 Å². The first-order valence-electron chi connectivity index (χ1n) is 16.1. The molecule has 2 aliphatic rings. The van der Waals surface area contributed by atoms with Crippen LogP contribution in [0.3, 0.4) is 0 Å². The first kappa shape index (κ1) is 32.8. The number of amides is 1. The van der Waals surface area contributed by atoms with Gasteiger partial charge in [0.1, 0.15) is 0 Å². The maximum Gasteiger partial charge on any atom is 0.305 e. The van der Waals surface area contributed by atoms with Crippen LogP contribution in [0.15, 0.2) is 53.5 Å². The SMILES string of the molecule is COC(=O)CCCCN1C(=O)[C@@]2(O[C@@H](CCn3cc(CCO)nn3)[C@H]([Si](C)(C)O)[C@H]2C)c2cc(-n3[nH]c4ccccc4c3=O)ccc21. The molecule has 47 heavy (non-hydrogen) atoms. The minimum atomic E-state index is -2.91. The third-order valence-electron chi connectivity index (χ3n) is 9.66. The van der Waals surface area contributed by atoms with Crippen molar-refractivity contribution >= 4 is 36.8 Å². The standard InChI is InChI=1S/C33H42N6O7Si/c1-21-30(47(3,4)44)28(14-17-37-20-22(15-18-40)34-36-37)46-33(21)25-19-23(39-31(42)24-9-5-6-10-26(24)35-39)12-13-27(25)38(32(33)43)16-8-7-11-29(41)45-2/h5-6,9-10,12-13,19-21,28,30,35,40,44H,7-8,11,14-18H2,1-4H3/t21-,28+,30-,33+/m1/s1. The number of carbonyl (C=O) groups is 2. The fourth-order valence-corrected chi connectivity index (χ4v) is 10.1. The van der Waals surface area contributed by atoms with E-state index >= 15 is 0 Å². The Kier molecular flexibility index (Phi) is 8.95. The van der Waals surface area contributed by atoms with Crippen molar-refractivity contribution in [1.29, 1.82) is 0 Å². The minimum Gasteiger partial charge on any atom is -0.469 e. The average molecular weight is 663 g/mol. The zero-order valence-electron chi connectivity index (χ0n) is 27.2. The number of anilines is 1. The lowest BCUT2D eigenvalue weighted by atomic mass is 9.82. The molecule has 13 nitrogen and oxygen atoms in total. The van der Waals surface area contributed by atoms with Crippen LogP contribution >= 0.6 is 0 Å². The maximum atomic E-state index is 14.7. The molecule has 0 radical (unpaired) electrons. The Bertz CT molecular complexity index is 1840. The number of ether oxygens (including phenoxy) is 2. The molecular formula is C33H42N6O7Si. The van der Waals surface area contributed by atoms with Crippen molar-refractivity contribution in [1.82, 2.24) is 24.8 Å². The van der Waals surface area contributed by atoms with Crippen LogP contribution in [0.1, 0.15) is 43.9 Å². The number of esters is 1. The quantitative estimate of drug-likeness (QED) is 0.118. The normalized spacial score (nSPS) is 22.5. The second-order valence-electron chi connectivity index (χ2n) is 13.1. The second kappa shape index (κ2) is 12.8. The summed E-state index contributed by atoms with van der Waals surface area (Å²) in [7, 11) is -1.55. The van der Waals surface area contributed by atoms with Crippen molar-refractivity contribution in [2.24, 2.45) is 5.92 Å². The molecule has 4 atom stereocenters. The topological polar surface area (TPSA) is 165 Å². The number of aliphatic hydroxyl groups excluding tert-OH is 1. The van der Waals surface area contributed by atoms with Gasteiger partial charge in [0.05, 0.1) is 41.2 Å². The predicted octanol–water partition coefficient (Wildman–Crippen LogP) is 3.02. The van der Waals surface area contributed by atoms with Crippen LogP contribution in [-0.2, 0) is 37.6 Å². The number of benzene rings is 2. The second-order valence-corrected chi connectivity index (χ2v) is 17.1. The van der Waals surface area contributed by atoms with Crippen molar-refractivity contribution in [2.45, 2.75) is 75.9 Å². The smallest absolute Gasteiger partial charge is 0.305 e. The first-order valence-corrected chi connectivity index (χ1v) is 19.2. The number of para-hydroxylation sites is 1. The van der Waals surface area contributed by atoms with E-state index in [1.165, 1.54) is 11.8 Å². The number of H-pyrrole nitrogens is 1. The number of carbonyl (C=O) groups excluding carboxylic acids is 2. The number of aryl methyl sites for hydroxylation is 1. The molecule has 0 bridgehead atoms. The third kappa shape index (κ3) is 5.83. The van der Waals surface area contributed by atoms with Gasteiger partial charge in [-0.3, -0.25) is 24.2 Å². The van der Waals surface area contributed by atoms with E-state index in [-0.39, 0.29) is 41.9 Å². The largest absolute Gasteiger partial charge is 0.469 e. The maximum absolute atomic E-state index is 14.7. The van der Waals surface area contributed by atoms with E-state index in [1.54, 1.807) is 21.8 Å². The highest BCUT2D eigenvalue weighted by Gasteiger charge is 2.66. The summed E-state index contributed by atoms with van der Waals surface area (Å²) in [6.07, 6.45) is 3.59. The van der Waals surface area contributed by atoms with Crippen LogP contribution < -0.4 is 10.5 Å². The number of methoxy groups -OCH3 is 1. The summed E-state index contributed by atoms with van der Waals surface area (Å²) in [5.41, 5.74) is 1.41. The van der Waals surface area contributed by atoms with Gasteiger partial charge in [0.25, 0.3) is 11.5 Å². The minimum absolute atomic E-state index is 0.0236. The zero-order valence-corrected chi connectivity index (χ0v) is 28.2. The molecule has 1 saturated heterocycles. The van der Waals surface area contributed by atoms with E-state index in [2.05, 4.69) is 15.4 Å². The van der Waals surface area contributed by atoms with E-state index in [9.17, 15) is 24.3 Å². The van der Waals surface area contributed by atoms with Crippen LogP contribution in [0.25, 0.3) is 16.6 Å². The van der Waals surface area contributed by atoms with Gasteiger partial charge in [-0.1, -0.05) is 24.3 Å². The third-order valence-corrected chi connectivity index (χ3v) is 12.2. The van der Waals surface area contributed by atoms with E-state index in [0.29, 0.717) is 72.3 Å². The van der Waals surface area contributed by atoms with Gasteiger partial charge in [-0.15, -0.1) is 5.10 Å². The summed E-state index contributed by atoms with van der Waals surface area (Å²) >= 11 is 0. The van der Waals surface area contributed by atoms with Crippen LogP contribution in [0, 0.1) is 5.92 Å². The fraction of sp³-hybridized carbons (Fsp3) is 0.485. The molecule has 0 aliphatic carbocycles. The van der Waals surface area contributed by atoms with Gasteiger partial charge in [0.2, 0.25) is 0 Å². The van der Waals surface area contributed by atoms with Crippen molar-refractivity contribution in [3.05, 3.63) is 70.3 Å². The Labute approximate surface area is 273 Å². The Hall–Kier alpha value is -4.11. The van der Waals surface area contributed by atoms with Crippen molar-refractivity contribution in [3.8, 4) is 5.69 Å². The van der Waals surface area contributed by atoms with Crippen molar-refractivity contribution < 1.29 is 29.0 Å². The predicted molar refractivity (Wildman–Crippen MR) is 177 cm³/mol. The van der Waals surface area contributed by atoms with E-state index in [4.69, 9.17) is 9.47 Å². The lowest BCUT2D eigenvalue weighted by Crippen LogP contribution is -2.46. The van der Waals surface area contributed by atoms with E-state index < -0.39 is 20.0 Å². The molecular weight excluding hydrogens is 620 g/mol. The lowest BCUT2D eigenvalue weighted by Gasteiger charge is -2.32. The number of aromatic amines is 1. The Morgan fingerprint density at radius 1 is 1.15 bits per heavy atom. The van der Waals surface area contributed by atoms with Gasteiger partial charge in [-0.25, -0.2) is 4.68 Å². The molecule has 3 N–H and O–H groups in total. The van der Waals surface area contributed by atoms with E-state index in [0.717, 1.165) is 0 Å². The molecule has 4 heterocycles. The number of rotatable bonds is 12. The molecule has 0 unspecified atom stereocenters. The summed E-state index contributed by atoms with van der Waals surface area (Å²) in [6.45, 7) is 6.54. The molecule has 250 valence electrons. The number of aliphatic hydroxyl groups is 1. The van der Waals surface area contributed by atoms with Crippen LogP contribution in [0.5, 0.6) is 0 Å². The Balaban J connectivity index is 1.40. The number of unbranched alkanes of at least 4 members (excludes halogenated alkanes) is 1. The summed E-state index contributed by atoms with van der Waals surface area (Å²) in [4.78, 5) is 53.3. The monoisotopic (exact) mass is 662 g/mol. The first-order chi connectivity index (χ1) is 22.5. The molecule has 14 heteroatoms. The highest BCUT2D eigenvalue weighted by atomic mass is 28.4. The molecule has 6 rings (SSSR count). The molecule has 2 aromatic carbocycles. The molecule has 1 amide bonds. The van der Waals surface area contributed by atoms with Gasteiger partial charge in [0, 0.05) is 55.8 Å². The number of nitrogens with zero attached hydrogens (tertiary/aromatic N) is 5. The number of nitrogens with one attached hydrogen (secondary N) is 1. The molecule has 2 aromatic heterocycles. The number of fused-ring (bicyclic) bond motifs is 3. The van der Waals surface area contributed by atoms with Gasteiger partial charge in [-0.05, 0) is 62.7 Å². The Morgan fingerprint density at radius 3 is 2.66 bits per heavy atom.